The highest BCUT2D eigenvalue weighted by Gasteiger charge is 2.29. The average molecular weight is 508 g/mol. The molecule has 0 bridgehead atoms. The Morgan fingerprint density at radius 1 is 1.17 bits per heavy atom. The fraction of sp³-hybridized carbons (Fsp3) is 0.231. The van der Waals surface area contributed by atoms with Crippen LogP contribution in [0, 0.1) is 12.7 Å². The van der Waals surface area contributed by atoms with Crippen molar-refractivity contribution in [2.75, 3.05) is 38.2 Å². The molecule has 1 fully saturated rings. The maximum Gasteiger partial charge on any atom is 0.256 e. The van der Waals surface area contributed by atoms with Gasteiger partial charge in [0.15, 0.2) is 11.6 Å². The Labute approximate surface area is 211 Å². The molecule has 0 spiro atoms. The molecule has 0 radical (unpaired) electrons. The number of hydrogen-bond donors (Lipinski definition) is 1. The van der Waals surface area contributed by atoms with E-state index in [0.29, 0.717) is 59.3 Å². The number of halogens is 2. The molecular formula is C26H23ClFN5O3. The highest BCUT2D eigenvalue weighted by molar-refractivity contribution is 6.37. The Bertz CT molecular complexity index is 1590. The number of methoxy groups -OCH3 is 1. The molecule has 0 saturated carbocycles. The first-order valence-corrected chi connectivity index (χ1v) is 11.7. The van der Waals surface area contributed by atoms with Crippen molar-refractivity contribution in [1.29, 1.82) is 0 Å². The molecule has 1 amide bonds. The van der Waals surface area contributed by atoms with Crippen molar-refractivity contribution in [2.45, 2.75) is 6.92 Å². The van der Waals surface area contributed by atoms with E-state index in [4.69, 9.17) is 16.3 Å². The number of carbonyl (C=O) groups is 1. The number of aromatic nitrogens is 3. The number of aryl methyl sites for hydroxylation is 1. The van der Waals surface area contributed by atoms with E-state index in [1.54, 1.807) is 24.1 Å². The Kier molecular flexibility index (Phi) is 6.09. The number of anilines is 1. The summed E-state index contributed by atoms with van der Waals surface area (Å²) in [5.41, 5.74) is 0.792. The number of nitrogens with zero attached hydrogens (tertiary/aromatic N) is 4. The van der Waals surface area contributed by atoms with E-state index in [1.807, 2.05) is 17.0 Å². The van der Waals surface area contributed by atoms with Crippen molar-refractivity contribution in [3.05, 3.63) is 70.1 Å². The smallest absolute Gasteiger partial charge is 0.256 e. The average Bonchev–Trinajstić information content (AvgIpc) is 2.90. The number of nitrogens with one attached hydrogen (secondary N) is 1. The molecule has 184 valence electrons. The third kappa shape index (κ3) is 3.67. The second kappa shape index (κ2) is 9.23. The van der Waals surface area contributed by atoms with E-state index in [9.17, 15) is 9.59 Å². The van der Waals surface area contributed by atoms with E-state index in [-0.39, 0.29) is 33.3 Å². The zero-order valence-corrected chi connectivity index (χ0v) is 20.5. The highest BCUT2D eigenvalue weighted by Crippen LogP contribution is 2.47. The number of rotatable bonds is 4. The maximum absolute atomic E-state index is 16.3. The second-order valence-corrected chi connectivity index (χ2v) is 8.88. The second-order valence-electron chi connectivity index (χ2n) is 8.50. The summed E-state index contributed by atoms with van der Waals surface area (Å²) in [5.74, 6) is -0.132. The van der Waals surface area contributed by atoms with Crippen molar-refractivity contribution in [3.63, 3.8) is 0 Å². The SMILES string of the molecule is C=CC(=O)N1CCN(c2ncnc3c(F)c(-c4c(C)ccc5cc[nH]c(=O)c45)c(Cl)c(OC)c23)CC1. The van der Waals surface area contributed by atoms with Crippen LogP contribution in [0.5, 0.6) is 5.75 Å². The number of piperazine rings is 1. The molecule has 0 aliphatic carbocycles. The van der Waals surface area contributed by atoms with Crippen LogP contribution in [-0.2, 0) is 4.79 Å². The molecule has 3 heterocycles. The van der Waals surface area contributed by atoms with Gasteiger partial charge in [0.05, 0.1) is 22.9 Å². The fourth-order valence-corrected chi connectivity index (χ4v) is 5.17. The van der Waals surface area contributed by atoms with E-state index < -0.39 is 5.82 Å². The van der Waals surface area contributed by atoms with Crippen LogP contribution in [0.3, 0.4) is 0 Å². The first kappa shape index (κ1) is 23.7. The predicted molar refractivity (Wildman–Crippen MR) is 138 cm³/mol. The van der Waals surface area contributed by atoms with Crippen LogP contribution >= 0.6 is 11.6 Å². The molecular weight excluding hydrogens is 485 g/mol. The lowest BCUT2D eigenvalue weighted by atomic mass is 9.93. The fourth-order valence-electron chi connectivity index (χ4n) is 4.82. The lowest BCUT2D eigenvalue weighted by molar-refractivity contribution is -0.126. The first-order chi connectivity index (χ1) is 17.4. The standard InChI is InChI=1S/C26H23ClFN5O3/c1-4-16(34)32-9-11-33(12-10-32)25-20-23(30-13-31-25)22(28)19(21(27)24(20)36-3)17-14(2)5-6-15-7-8-29-26(35)18(15)17/h4-8,13H,1,9-12H2,2-3H3,(H,29,35). The van der Waals surface area contributed by atoms with Gasteiger partial charge in [-0.1, -0.05) is 30.3 Å². The normalized spacial score (nSPS) is 13.9. The molecule has 1 saturated heterocycles. The van der Waals surface area contributed by atoms with Gasteiger partial charge in [-0.2, -0.15) is 0 Å². The van der Waals surface area contributed by atoms with Gasteiger partial charge in [-0.25, -0.2) is 14.4 Å². The van der Waals surface area contributed by atoms with Crippen LogP contribution in [0.2, 0.25) is 5.02 Å². The topological polar surface area (TPSA) is 91.4 Å². The van der Waals surface area contributed by atoms with Crippen molar-refractivity contribution in [3.8, 4) is 16.9 Å². The van der Waals surface area contributed by atoms with Crippen LogP contribution in [0.1, 0.15) is 5.56 Å². The monoisotopic (exact) mass is 507 g/mol. The van der Waals surface area contributed by atoms with Gasteiger partial charge in [0.1, 0.15) is 17.7 Å². The molecule has 10 heteroatoms. The van der Waals surface area contributed by atoms with Crippen LogP contribution in [0.15, 0.2) is 48.2 Å². The summed E-state index contributed by atoms with van der Waals surface area (Å²) < 4.78 is 22.0. The molecule has 1 aliphatic heterocycles. The molecule has 1 N–H and O–H groups in total. The Hall–Kier alpha value is -3.98. The zero-order chi connectivity index (χ0) is 25.6. The minimum atomic E-state index is -0.668. The van der Waals surface area contributed by atoms with E-state index in [0.717, 1.165) is 0 Å². The van der Waals surface area contributed by atoms with Crippen LogP contribution in [-0.4, -0.2) is 59.0 Å². The van der Waals surface area contributed by atoms with Gasteiger partial charge in [-0.3, -0.25) is 9.59 Å². The zero-order valence-electron chi connectivity index (χ0n) is 19.8. The Balaban J connectivity index is 1.74. The van der Waals surface area contributed by atoms with Crippen molar-refractivity contribution in [1.82, 2.24) is 19.9 Å². The summed E-state index contributed by atoms with van der Waals surface area (Å²) >= 11 is 6.83. The number of ether oxygens (including phenoxy) is 1. The van der Waals surface area contributed by atoms with Crippen LogP contribution in [0.4, 0.5) is 10.2 Å². The number of hydrogen-bond acceptors (Lipinski definition) is 6. The lowest BCUT2D eigenvalue weighted by Gasteiger charge is -2.35. The third-order valence-electron chi connectivity index (χ3n) is 6.57. The van der Waals surface area contributed by atoms with Gasteiger partial charge in [0, 0.05) is 43.5 Å². The number of aromatic amines is 1. The number of carbonyl (C=O) groups excluding carboxylic acids is 1. The van der Waals surface area contributed by atoms with Gasteiger partial charge in [-0.15, -0.1) is 0 Å². The van der Waals surface area contributed by atoms with E-state index >= 15 is 4.39 Å². The molecule has 8 nitrogen and oxygen atoms in total. The molecule has 2 aromatic heterocycles. The predicted octanol–water partition coefficient (Wildman–Crippen LogP) is 4.08. The number of amides is 1. The minimum absolute atomic E-state index is 0.0258. The number of H-pyrrole nitrogens is 1. The van der Waals surface area contributed by atoms with E-state index in [1.165, 1.54) is 19.5 Å². The summed E-state index contributed by atoms with van der Waals surface area (Å²) in [7, 11) is 1.45. The van der Waals surface area contributed by atoms with Gasteiger partial charge in [0.25, 0.3) is 5.56 Å². The van der Waals surface area contributed by atoms with Crippen molar-refractivity contribution < 1.29 is 13.9 Å². The van der Waals surface area contributed by atoms with Crippen molar-refractivity contribution in [2.24, 2.45) is 0 Å². The quantitative estimate of drug-likeness (QED) is 0.418. The summed E-state index contributed by atoms with van der Waals surface area (Å²) in [4.78, 5) is 39.8. The van der Waals surface area contributed by atoms with Crippen molar-refractivity contribution >= 4 is 45.0 Å². The van der Waals surface area contributed by atoms with Gasteiger partial charge >= 0.3 is 0 Å². The first-order valence-electron chi connectivity index (χ1n) is 11.3. The number of benzene rings is 2. The Morgan fingerprint density at radius 2 is 1.92 bits per heavy atom. The number of fused-ring (bicyclic) bond motifs is 2. The van der Waals surface area contributed by atoms with Gasteiger partial charge in [0.2, 0.25) is 5.91 Å². The summed E-state index contributed by atoms with van der Waals surface area (Å²) in [6, 6.07) is 5.38. The molecule has 4 aromatic rings. The van der Waals surface area contributed by atoms with Gasteiger partial charge in [-0.05, 0) is 30.0 Å². The van der Waals surface area contributed by atoms with E-state index in [2.05, 4.69) is 21.5 Å². The molecule has 1 aliphatic rings. The molecule has 0 unspecified atom stereocenters. The summed E-state index contributed by atoms with van der Waals surface area (Å²) in [6.45, 7) is 7.22. The maximum atomic E-state index is 16.3. The van der Waals surface area contributed by atoms with Crippen LogP contribution < -0.4 is 15.2 Å². The molecule has 0 atom stereocenters. The summed E-state index contributed by atoms with van der Waals surface area (Å²) in [6.07, 6.45) is 4.13. The lowest BCUT2D eigenvalue weighted by Crippen LogP contribution is -2.48. The Morgan fingerprint density at radius 3 is 2.61 bits per heavy atom. The molecule has 5 rings (SSSR count). The third-order valence-corrected chi connectivity index (χ3v) is 6.93. The minimum Gasteiger partial charge on any atom is -0.494 e. The molecule has 2 aromatic carbocycles. The summed E-state index contributed by atoms with van der Waals surface area (Å²) in [5, 5.41) is 1.35. The van der Waals surface area contributed by atoms with Gasteiger partial charge < -0.3 is 19.5 Å². The highest BCUT2D eigenvalue weighted by atomic mass is 35.5. The van der Waals surface area contributed by atoms with Crippen LogP contribution in [0.25, 0.3) is 32.8 Å². The molecule has 36 heavy (non-hydrogen) atoms. The number of pyridine rings is 1. The largest absolute Gasteiger partial charge is 0.494 e.